The van der Waals surface area contributed by atoms with E-state index in [1.807, 2.05) is 6.08 Å². The summed E-state index contributed by atoms with van der Waals surface area (Å²) in [5.74, 6) is 1.89. The molecule has 7 nitrogen and oxygen atoms in total. The van der Waals surface area contributed by atoms with Crippen molar-refractivity contribution in [3.8, 4) is 0 Å². The Morgan fingerprint density at radius 3 is 1.67 bits per heavy atom. The van der Waals surface area contributed by atoms with Crippen LogP contribution in [0.25, 0.3) is 0 Å². The number of esters is 2. The third-order valence-electron chi connectivity index (χ3n) is 10.8. The van der Waals surface area contributed by atoms with Crippen molar-refractivity contribution in [3.05, 3.63) is 12.2 Å². The van der Waals surface area contributed by atoms with Gasteiger partial charge in [0.2, 0.25) is 0 Å². The number of hydrogen-bond donors (Lipinski definition) is 1. The molecule has 0 spiro atoms. The van der Waals surface area contributed by atoms with Gasteiger partial charge in [0.05, 0.1) is 12.7 Å². The molecular formula is C47H91NO6. The maximum absolute atomic E-state index is 12.2. The first kappa shape index (κ1) is 52.6. The molecular weight excluding hydrogens is 675 g/mol. The van der Waals surface area contributed by atoms with Crippen LogP contribution in [0, 0.1) is 17.8 Å². The molecule has 0 bridgehead atoms. The first-order valence-electron chi connectivity index (χ1n) is 23.0. The lowest BCUT2D eigenvalue weighted by Crippen LogP contribution is -2.23. The largest absolute Gasteiger partial charge is 0.466 e. The molecule has 0 radical (unpaired) electrons. The molecule has 0 aromatic heterocycles. The molecule has 0 fully saturated rings. The van der Waals surface area contributed by atoms with E-state index in [2.05, 4.69) is 59.7 Å². The first-order chi connectivity index (χ1) is 26.0. The molecule has 54 heavy (non-hydrogen) atoms. The normalized spacial score (nSPS) is 13.7. The summed E-state index contributed by atoms with van der Waals surface area (Å²) in [6.45, 7) is 13.3. The highest BCUT2D eigenvalue weighted by atomic mass is 16.6. The van der Waals surface area contributed by atoms with E-state index in [0.29, 0.717) is 44.3 Å². The van der Waals surface area contributed by atoms with Gasteiger partial charge in [0.1, 0.15) is 6.61 Å². The van der Waals surface area contributed by atoms with E-state index < -0.39 is 6.29 Å². The number of rotatable bonds is 40. The highest BCUT2D eigenvalue weighted by Gasteiger charge is 2.16. The summed E-state index contributed by atoms with van der Waals surface area (Å²) in [5, 5.41) is 10.6. The number of hydrogen-bond acceptors (Lipinski definition) is 7. The number of ether oxygens (including phenoxy) is 3. The molecule has 0 aliphatic carbocycles. The number of carbonyl (C=O) groups is 2. The second kappa shape index (κ2) is 38.4. The number of aliphatic hydroxyl groups excluding tert-OH is 1. The van der Waals surface area contributed by atoms with Gasteiger partial charge >= 0.3 is 11.9 Å². The van der Waals surface area contributed by atoms with Gasteiger partial charge in [-0.1, -0.05) is 150 Å². The third-order valence-corrected chi connectivity index (χ3v) is 10.8. The van der Waals surface area contributed by atoms with Crippen molar-refractivity contribution in [2.24, 2.45) is 17.8 Å². The summed E-state index contributed by atoms with van der Waals surface area (Å²) in [7, 11) is 4.13. The number of carbonyl (C=O) groups excluding carboxylic acids is 2. The summed E-state index contributed by atoms with van der Waals surface area (Å²) in [6, 6.07) is 0. The Kier molecular flexibility index (Phi) is 37.4. The summed E-state index contributed by atoms with van der Waals surface area (Å²) in [5.41, 5.74) is 0. The van der Waals surface area contributed by atoms with Gasteiger partial charge in [-0.05, 0) is 103 Å². The van der Waals surface area contributed by atoms with Crippen molar-refractivity contribution in [2.75, 3.05) is 33.9 Å². The Bertz CT molecular complexity index is 859. The molecule has 0 aliphatic heterocycles. The first-order valence-corrected chi connectivity index (χ1v) is 23.0. The maximum Gasteiger partial charge on any atom is 0.306 e. The molecule has 0 aromatic carbocycles. The zero-order valence-electron chi connectivity index (χ0n) is 36.9. The SMILES string of the molecule is CCCCCC/C=C\COC(=O)CCCCCCCCCC(CCCCCCCCCC(=O)OCCC(CCC(C)C)C(C)C)OC(O)CCCN(C)C. The van der Waals surface area contributed by atoms with Crippen LogP contribution in [0.3, 0.4) is 0 Å². The molecule has 0 amide bonds. The lowest BCUT2D eigenvalue weighted by molar-refractivity contribution is -0.144. The topological polar surface area (TPSA) is 85.3 Å². The van der Waals surface area contributed by atoms with Crippen molar-refractivity contribution in [3.63, 3.8) is 0 Å². The molecule has 0 aliphatic rings. The van der Waals surface area contributed by atoms with Gasteiger partial charge in [0.25, 0.3) is 0 Å². The van der Waals surface area contributed by atoms with Crippen LogP contribution in [0.4, 0.5) is 0 Å². The number of nitrogens with zero attached hydrogens (tertiary/aromatic N) is 1. The lowest BCUT2D eigenvalue weighted by Gasteiger charge is -2.22. The maximum atomic E-state index is 12.2. The Hall–Kier alpha value is -1.44. The van der Waals surface area contributed by atoms with E-state index in [1.54, 1.807) is 0 Å². The fourth-order valence-corrected chi connectivity index (χ4v) is 7.05. The summed E-state index contributed by atoms with van der Waals surface area (Å²) in [4.78, 5) is 26.4. The number of aliphatic hydroxyl groups is 1. The Morgan fingerprint density at radius 1 is 0.593 bits per heavy atom. The lowest BCUT2D eigenvalue weighted by atomic mass is 9.86. The molecule has 0 aromatic rings. The van der Waals surface area contributed by atoms with Crippen LogP contribution in [0.15, 0.2) is 12.2 Å². The fourth-order valence-electron chi connectivity index (χ4n) is 7.05. The molecule has 0 saturated carbocycles. The van der Waals surface area contributed by atoms with Gasteiger partial charge < -0.3 is 24.2 Å². The predicted molar refractivity (Wildman–Crippen MR) is 229 cm³/mol. The van der Waals surface area contributed by atoms with E-state index >= 15 is 0 Å². The smallest absolute Gasteiger partial charge is 0.306 e. The van der Waals surface area contributed by atoms with Crippen molar-refractivity contribution in [1.29, 1.82) is 0 Å². The molecule has 0 heterocycles. The van der Waals surface area contributed by atoms with Gasteiger partial charge in [-0.3, -0.25) is 9.59 Å². The number of unbranched alkanes of at least 4 members (excludes halogenated alkanes) is 16. The average molecular weight is 766 g/mol. The van der Waals surface area contributed by atoms with Crippen LogP contribution < -0.4 is 0 Å². The minimum absolute atomic E-state index is 0.0300. The van der Waals surface area contributed by atoms with Crippen LogP contribution in [-0.4, -0.2) is 68.2 Å². The van der Waals surface area contributed by atoms with E-state index in [1.165, 1.54) is 83.5 Å². The third kappa shape index (κ3) is 37.5. The summed E-state index contributed by atoms with van der Waals surface area (Å²) in [6.07, 6.45) is 33.7. The molecule has 7 heteroatoms. The molecule has 1 N–H and O–H groups in total. The van der Waals surface area contributed by atoms with Gasteiger partial charge in [-0.25, -0.2) is 0 Å². The van der Waals surface area contributed by atoms with Crippen LogP contribution in [0.5, 0.6) is 0 Å². The fraction of sp³-hybridized carbons (Fsp3) is 0.915. The molecule has 0 rings (SSSR count). The molecule has 3 unspecified atom stereocenters. The Morgan fingerprint density at radius 2 is 1.13 bits per heavy atom. The van der Waals surface area contributed by atoms with Crippen molar-refractivity contribution in [2.45, 2.75) is 227 Å². The van der Waals surface area contributed by atoms with E-state index in [0.717, 1.165) is 89.5 Å². The van der Waals surface area contributed by atoms with Crippen molar-refractivity contribution < 1.29 is 28.9 Å². The summed E-state index contributed by atoms with van der Waals surface area (Å²) >= 11 is 0. The molecule has 3 atom stereocenters. The van der Waals surface area contributed by atoms with E-state index in [-0.39, 0.29) is 18.0 Å². The number of allylic oxidation sites excluding steroid dienone is 1. The van der Waals surface area contributed by atoms with Gasteiger partial charge in [0.15, 0.2) is 6.29 Å². The van der Waals surface area contributed by atoms with Crippen LogP contribution in [0.2, 0.25) is 0 Å². The zero-order chi connectivity index (χ0) is 40.1. The zero-order valence-corrected chi connectivity index (χ0v) is 36.9. The second-order valence-corrected chi connectivity index (χ2v) is 17.2. The minimum atomic E-state index is -0.679. The minimum Gasteiger partial charge on any atom is -0.466 e. The summed E-state index contributed by atoms with van der Waals surface area (Å²) < 4.78 is 17.1. The van der Waals surface area contributed by atoms with Crippen molar-refractivity contribution >= 4 is 11.9 Å². The molecule has 320 valence electrons. The monoisotopic (exact) mass is 766 g/mol. The molecule has 0 saturated heterocycles. The van der Waals surface area contributed by atoms with E-state index in [9.17, 15) is 14.7 Å². The van der Waals surface area contributed by atoms with Gasteiger partial charge in [-0.2, -0.15) is 0 Å². The van der Waals surface area contributed by atoms with Crippen LogP contribution in [-0.2, 0) is 23.8 Å². The van der Waals surface area contributed by atoms with Crippen LogP contribution in [0.1, 0.15) is 214 Å². The second-order valence-electron chi connectivity index (χ2n) is 17.2. The Labute approximate surface area is 335 Å². The standard InChI is InChI=1S/C47H91NO6/c1-8-9-10-11-18-23-28-39-52-45(49)32-26-21-16-12-14-19-24-30-44(54-47(51)34-29-38-48(6)7)31-25-20-15-13-17-22-27-33-46(50)53-40-37-43(42(4)5)36-35-41(2)3/h23,28,41-44,47,51H,8-22,24-27,29-40H2,1-7H3/b28-23-. The highest BCUT2D eigenvalue weighted by Crippen LogP contribution is 2.24. The highest BCUT2D eigenvalue weighted by molar-refractivity contribution is 5.69. The average Bonchev–Trinajstić information content (AvgIpc) is 3.12. The van der Waals surface area contributed by atoms with Crippen LogP contribution >= 0.6 is 0 Å². The van der Waals surface area contributed by atoms with E-state index in [4.69, 9.17) is 14.2 Å². The van der Waals surface area contributed by atoms with Gasteiger partial charge in [0, 0.05) is 12.8 Å². The van der Waals surface area contributed by atoms with Crippen molar-refractivity contribution in [1.82, 2.24) is 4.90 Å². The van der Waals surface area contributed by atoms with Gasteiger partial charge in [-0.15, -0.1) is 0 Å². The quantitative estimate of drug-likeness (QED) is 0.0288. The Balaban J connectivity index is 4.11. The predicted octanol–water partition coefficient (Wildman–Crippen LogP) is 12.8.